The van der Waals surface area contributed by atoms with E-state index >= 15 is 0 Å². The van der Waals surface area contributed by atoms with Crippen LogP contribution in [0.25, 0.3) is 0 Å². The number of amides is 1. The van der Waals surface area contributed by atoms with E-state index in [9.17, 15) is 18.0 Å². The molecule has 0 aromatic heterocycles. The Morgan fingerprint density at radius 2 is 1.95 bits per heavy atom. The van der Waals surface area contributed by atoms with Crippen molar-refractivity contribution in [3.05, 3.63) is 29.8 Å². The van der Waals surface area contributed by atoms with Gasteiger partial charge in [0.15, 0.2) is 0 Å². The number of hydrogen-bond acceptors (Lipinski definition) is 4. The van der Waals surface area contributed by atoms with E-state index in [-0.39, 0.29) is 29.3 Å². The molecule has 102 valence electrons. The summed E-state index contributed by atoms with van der Waals surface area (Å²) in [5, 5.41) is 11.3. The minimum Gasteiger partial charge on any atom is -0.478 e. The van der Waals surface area contributed by atoms with Gasteiger partial charge in [0.2, 0.25) is 15.9 Å². The van der Waals surface area contributed by atoms with Gasteiger partial charge in [-0.3, -0.25) is 4.79 Å². The summed E-state index contributed by atoms with van der Waals surface area (Å²) in [6, 6.07) is 4.40. The average Bonchev–Trinajstić information content (AvgIpc) is 2.74. The van der Waals surface area contributed by atoms with Crippen LogP contribution in [0.15, 0.2) is 29.2 Å². The van der Waals surface area contributed by atoms with Gasteiger partial charge in [0, 0.05) is 19.0 Å². The fourth-order valence-corrected chi connectivity index (χ4v) is 2.99. The van der Waals surface area contributed by atoms with Gasteiger partial charge in [0.25, 0.3) is 0 Å². The second-order valence-corrected chi connectivity index (χ2v) is 5.87. The minimum absolute atomic E-state index is 0.0108. The van der Waals surface area contributed by atoms with Gasteiger partial charge in [-0.15, -0.1) is 0 Å². The second kappa shape index (κ2) is 4.98. The topological polar surface area (TPSA) is 113 Å². The molecule has 0 spiro atoms. The SMILES string of the molecule is O=C1CC(NS(=O)(=O)c2ccc(C(=O)O)cc2)CN1. The normalized spacial score (nSPS) is 19.2. The molecule has 0 saturated carbocycles. The first-order valence-electron chi connectivity index (χ1n) is 5.51. The van der Waals surface area contributed by atoms with E-state index in [4.69, 9.17) is 5.11 Å². The number of carbonyl (C=O) groups is 2. The quantitative estimate of drug-likeness (QED) is 0.693. The van der Waals surface area contributed by atoms with Crippen LogP contribution in [0.3, 0.4) is 0 Å². The van der Waals surface area contributed by atoms with Crippen LogP contribution in [-0.2, 0) is 14.8 Å². The van der Waals surface area contributed by atoms with Gasteiger partial charge in [0.05, 0.1) is 10.5 Å². The Balaban J connectivity index is 2.15. The molecule has 0 radical (unpaired) electrons. The van der Waals surface area contributed by atoms with Crippen molar-refractivity contribution in [2.75, 3.05) is 6.54 Å². The van der Waals surface area contributed by atoms with E-state index in [2.05, 4.69) is 10.0 Å². The van der Waals surface area contributed by atoms with Crippen LogP contribution in [0, 0.1) is 0 Å². The molecule has 7 nitrogen and oxygen atoms in total. The molecule has 1 unspecified atom stereocenters. The van der Waals surface area contributed by atoms with Crippen molar-refractivity contribution in [2.45, 2.75) is 17.4 Å². The zero-order valence-corrected chi connectivity index (χ0v) is 10.6. The van der Waals surface area contributed by atoms with Crippen LogP contribution in [0.4, 0.5) is 0 Å². The predicted octanol–water partition coefficient (Wildman–Crippen LogP) is -0.448. The summed E-state index contributed by atoms with van der Waals surface area (Å²) in [4.78, 5) is 21.6. The van der Waals surface area contributed by atoms with Crippen molar-refractivity contribution in [1.82, 2.24) is 10.0 Å². The first kappa shape index (κ1) is 13.5. The van der Waals surface area contributed by atoms with E-state index in [1.54, 1.807) is 0 Å². The van der Waals surface area contributed by atoms with Crippen molar-refractivity contribution in [3.63, 3.8) is 0 Å². The summed E-state index contributed by atoms with van der Waals surface area (Å²) < 4.78 is 26.3. The summed E-state index contributed by atoms with van der Waals surface area (Å²) in [6.45, 7) is 0.255. The van der Waals surface area contributed by atoms with Gasteiger partial charge in [-0.1, -0.05) is 0 Å². The maximum absolute atomic E-state index is 12.0. The molecule has 1 aromatic carbocycles. The number of carbonyl (C=O) groups excluding carboxylic acids is 1. The van der Waals surface area contributed by atoms with Crippen LogP contribution in [0.1, 0.15) is 16.8 Å². The van der Waals surface area contributed by atoms with Crippen molar-refractivity contribution in [1.29, 1.82) is 0 Å². The number of rotatable bonds is 4. The van der Waals surface area contributed by atoms with Gasteiger partial charge < -0.3 is 10.4 Å². The monoisotopic (exact) mass is 284 g/mol. The molecule has 3 N–H and O–H groups in total. The Hall–Kier alpha value is -1.93. The zero-order valence-electron chi connectivity index (χ0n) is 9.79. The number of carboxylic acid groups (broad SMARTS) is 1. The number of benzene rings is 1. The van der Waals surface area contributed by atoms with Gasteiger partial charge in [0.1, 0.15) is 0 Å². The molecule has 2 rings (SSSR count). The highest BCUT2D eigenvalue weighted by molar-refractivity contribution is 7.89. The van der Waals surface area contributed by atoms with Crippen molar-refractivity contribution in [3.8, 4) is 0 Å². The van der Waals surface area contributed by atoms with Crippen LogP contribution in [-0.4, -0.2) is 38.0 Å². The fraction of sp³-hybridized carbons (Fsp3) is 0.273. The first-order chi connectivity index (χ1) is 8.88. The maximum Gasteiger partial charge on any atom is 0.335 e. The zero-order chi connectivity index (χ0) is 14.0. The molecule has 0 aliphatic carbocycles. The second-order valence-electron chi connectivity index (χ2n) is 4.16. The molecule has 1 atom stereocenters. The molecule has 0 bridgehead atoms. The summed E-state index contributed by atoms with van der Waals surface area (Å²) >= 11 is 0. The molecule has 1 aliphatic heterocycles. The van der Waals surface area contributed by atoms with E-state index in [1.165, 1.54) is 24.3 Å². The Morgan fingerprint density at radius 3 is 2.42 bits per heavy atom. The van der Waals surface area contributed by atoms with Crippen LogP contribution in [0.2, 0.25) is 0 Å². The van der Waals surface area contributed by atoms with Crippen molar-refractivity contribution < 1.29 is 23.1 Å². The minimum atomic E-state index is -3.74. The van der Waals surface area contributed by atoms with Crippen LogP contribution < -0.4 is 10.0 Å². The lowest BCUT2D eigenvalue weighted by Crippen LogP contribution is -2.36. The number of sulfonamides is 1. The van der Waals surface area contributed by atoms with Gasteiger partial charge >= 0.3 is 5.97 Å². The Bertz CT molecular complexity index is 608. The van der Waals surface area contributed by atoms with E-state index in [0.717, 1.165) is 0 Å². The molecule has 8 heteroatoms. The molecular weight excluding hydrogens is 272 g/mol. The van der Waals surface area contributed by atoms with Gasteiger partial charge in [-0.2, -0.15) is 0 Å². The maximum atomic E-state index is 12.0. The molecule has 1 aliphatic rings. The number of nitrogens with one attached hydrogen (secondary N) is 2. The first-order valence-corrected chi connectivity index (χ1v) is 6.99. The summed E-state index contributed by atoms with van der Waals surface area (Å²) in [6.07, 6.45) is 0.104. The number of aromatic carboxylic acids is 1. The summed E-state index contributed by atoms with van der Waals surface area (Å²) in [7, 11) is -3.74. The number of carboxylic acids is 1. The Labute approximate surface area is 109 Å². The summed E-state index contributed by atoms with van der Waals surface area (Å²) in [5.74, 6) is -1.32. The summed E-state index contributed by atoms with van der Waals surface area (Å²) in [5.41, 5.74) is 0.0108. The highest BCUT2D eigenvalue weighted by atomic mass is 32.2. The third-order valence-electron chi connectivity index (χ3n) is 2.71. The Kier molecular flexibility index (Phi) is 3.54. The third-order valence-corrected chi connectivity index (χ3v) is 4.25. The molecule has 1 aromatic rings. The van der Waals surface area contributed by atoms with Crippen molar-refractivity contribution >= 4 is 21.9 Å². The molecule has 1 fully saturated rings. The fourth-order valence-electron chi connectivity index (χ4n) is 1.75. The van der Waals surface area contributed by atoms with Crippen LogP contribution >= 0.6 is 0 Å². The van der Waals surface area contributed by atoms with E-state index in [0.29, 0.717) is 0 Å². The highest BCUT2D eigenvalue weighted by Crippen LogP contribution is 2.12. The smallest absolute Gasteiger partial charge is 0.335 e. The average molecular weight is 284 g/mol. The lowest BCUT2D eigenvalue weighted by molar-refractivity contribution is -0.119. The Morgan fingerprint density at radius 1 is 1.32 bits per heavy atom. The third kappa shape index (κ3) is 3.09. The van der Waals surface area contributed by atoms with Crippen LogP contribution in [0.5, 0.6) is 0 Å². The lowest BCUT2D eigenvalue weighted by Gasteiger charge is -2.11. The van der Waals surface area contributed by atoms with Gasteiger partial charge in [-0.05, 0) is 24.3 Å². The van der Waals surface area contributed by atoms with Crippen molar-refractivity contribution in [2.24, 2.45) is 0 Å². The molecule has 1 saturated heterocycles. The largest absolute Gasteiger partial charge is 0.478 e. The van der Waals surface area contributed by atoms with E-state index < -0.39 is 22.0 Å². The highest BCUT2D eigenvalue weighted by Gasteiger charge is 2.26. The predicted molar refractivity (Wildman–Crippen MR) is 65.1 cm³/mol. The molecule has 1 heterocycles. The standard InChI is InChI=1S/C11H12N2O5S/c14-10-5-8(6-12-10)13-19(17,18)9-3-1-7(2-4-9)11(15)16/h1-4,8,13H,5-6H2,(H,12,14)(H,15,16). The lowest BCUT2D eigenvalue weighted by atomic mass is 10.2. The van der Waals surface area contributed by atoms with E-state index in [1.807, 2.05) is 0 Å². The number of hydrogen-bond donors (Lipinski definition) is 3. The molecule has 19 heavy (non-hydrogen) atoms. The molecular formula is C11H12N2O5S. The van der Waals surface area contributed by atoms with Gasteiger partial charge in [-0.25, -0.2) is 17.9 Å². The molecule has 1 amide bonds.